The number of aliphatic hydroxyl groups is 1. The van der Waals surface area contributed by atoms with E-state index >= 15 is 0 Å². The molecule has 0 aromatic rings. The molecule has 2 fully saturated rings. The van der Waals surface area contributed by atoms with Crippen molar-refractivity contribution in [1.29, 1.82) is 0 Å². The number of piperidine rings is 1. The molecule has 3 nitrogen and oxygen atoms in total. The van der Waals surface area contributed by atoms with E-state index in [9.17, 15) is 5.11 Å². The van der Waals surface area contributed by atoms with Crippen LogP contribution in [0.4, 0.5) is 0 Å². The fourth-order valence-electron chi connectivity index (χ4n) is 3.53. The highest BCUT2D eigenvalue weighted by molar-refractivity contribution is 4.87. The van der Waals surface area contributed by atoms with Gasteiger partial charge in [-0.25, -0.2) is 0 Å². The molecule has 1 heterocycles. The second-order valence-corrected chi connectivity index (χ2v) is 6.87. The SMILES string of the molecule is CC(C)CCNC1CCN(C2CCCCC2O)CC1. The zero-order valence-electron chi connectivity index (χ0n) is 12.8. The second-order valence-electron chi connectivity index (χ2n) is 6.87. The third-order valence-corrected chi connectivity index (χ3v) is 4.85. The fourth-order valence-corrected chi connectivity index (χ4v) is 3.53. The molecule has 112 valence electrons. The highest BCUT2D eigenvalue weighted by atomic mass is 16.3. The summed E-state index contributed by atoms with van der Waals surface area (Å²) in [6.07, 6.45) is 8.44. The van der Waals surface area contributed by atoms with Crippen LogP contribution in [0.1, 0.15) is 58.8 Å². The van der Waals surface area contributed by atoms with Crippen LogP contribution in [0, 0.1) is 5.92 Å². The first-order chi connectivity index (χ1) is 9.16. The normalized spacial score (nSPS) is 30.9. The van der Waals surface area contributed by atoms with Gasteiger partial charge in [-0.2, -0.15) is 0 Å². The third kappa shape index (κ3) is 4.73. The lowest BCUT2D eigenvalue weighted by Crippen LogP contribution is -2.51. The third-order valence-electron chi connectivity index (χ3n) is 4.85. The topological polar surface area (TPSA) is 35.5 Å². The van der Waals surface area contributed by atoms with Crippen LogP contribution in [0.3, 0.4) is 0 Å². The van der Waals surface area contributed by atoms with Gasteiger partial charge in [0.05, 0.1) is 6.10 Å². The van der Waals surface area contributed by atoms with Gasteiger partial charge in [-0.15, -0.1) is 0 Å². The smallest absolute Gasteiger partial charge is 0.0695 e. The highest BCUT2D eigenvalue weighted by Crippen LogP contribution is 2.25. The molecule has 2 N–H and O–H groups in total. The van der Waals surface area contributed by atoms with Gasteiger partial charge in [0.1, 0.15) is 0 Å². The molecule has 1 saturated heterocycles. The molecule has 1 aliphatic heterocycles. The van der Waals surface area contributed by atoms with E-state index in [2.05, 4.69) is 24.1 Å². The first-order valence-electron chi connectivity index (χ1n) is 8.32. The van der Waals surface area contributed by atoms with Crippen molar-refractivity contribution >= 4 is 0 Å². The predicted octanol–water partition coefficient (Wildman–Crippen LogP) is 2.39. The van der Waals surface area contributed by atoms with Crippen LogP contribution in [0.5, 0.6) is 0 Å². The molecule has 1 aliphatic carbocycles. The Bertz CT molecular complexity index is 249. The maximum atomic E-state index is 10.1. The lowest BCUT2D eigenvalue weighted by Gasteiger charge is -2.41. The van der Waals surface area contributed by atoms with E-state index in [0.29, 0.717) is 12.1 Å². The standard InChI is InChI=1S/C16H32N2O/c1-13(2)7-10-17-14-8-11-18(12-9-14)15-5-3-4-6-16(15)19/h13-17,19H,3-12H2,1-2H3. The Morgan fingerprint density at radius 2 is 1.79 bits per heavy atom. The Morgan fingerprint density at radius 1 is 1.11 bits per heavy atom. The number of rotatable bonds is 5. The van der Waals surface area contributed by atoms with Crippen molar-refractivity contribution in [3.05, 3.63) is 0 Å². The molecule has 0 radical (unpaired) electrons. The molecule has 3 heteroatoms. The second kappa shape index (κ2) is 7.61. The lowest BCUT2D eigenvalue weighted by molar-refractivity contribution is 0.00720. The zero-order valence-corrected chi connectivity index (χ0v) is 12.8. The number of nitrogens with one attached hydrogen (secondary N) is 1. The molecule has 2 atom stereocenters. The van der Waals surface area contributed by atoms with E-state index in [0.717, 1.165) is 18.9 Å². The number of hydrogen-bond acceptors (Lipinski definition) is 3. The van der Waals surface area contributed by atoms with Crippen LogP contribution in [0.2, 0.25) is 0 Å². The molecule has 0 spiro atoms. The van der Waals surface area contributed by atoms with Crippen LogP contribution >= 0.6 is 0 Å². The number of nitrogens with zero attached hydrogens (tertiary/aromatic N) is 1. The van der Waals surface area contributed by atoms with Crippen LogP contribution in [-0.4, -0.2) is 47.8 Å². The molecule has 1 saturated carbocycles. The Labute approximate surface area is 118 Å². The van der Waals surface area contributed by atoms with Gasteiger partial charge in [0.15, 0.2) is 0 Å². The van der Waals surface area contributed by atoms with Gasteiger partial charge in [-0.05, 0) is 44.6 Å². The van der Waals surface area contributed by atoms with Gasteiger partial charge in [-0.3, -0.25) is 4.90 Å². The molecular weight excluding hydrogens is 236 g/mol. The lowest BCUT2D eigenvalue weighted by atomic mass is 9.89. The largest absolute Gasteiger partial charge is 0.391 e. The summed E-state index contributed by atoms with van der Waals surface area (Å²) < 4.78 is 0. The van der Waals surface area contributed by atoms with Crippen LogP contribution in [0.15, 0.2) is 0 Å². The fraction of sp³-hybridized carbons (Fsp3) is 1.00. The summed E-state index contributed by atoms with van der Waals surface area (Å²) in [7, 11) is 0. The minimum Gasteiger partial charge on any atom is -0.391 e. The van der Waals surface area contributed by atoms with Gasteiger partial charge < -0.3 is 10.4 Å². The van der Waals surface area contributed by atoms with E-state index in [1.807, 2.05) is 0 Å². The van der Waals surface area contributed by atoms with Crippen molar-refractivity contribution in [3.8, 4) is 0 Å². The molecule has 2 unspecified atom stereocenters. The van der Waals surface area contributed by atoms with Crippen molar-refractivity contribution in [2.24, 2.45) is 5.92 Å². The van der Waals surface area contributed by atoms with Crippen LogP contribution in [0.25, 0.3) is 0 Å². The van der Waals surface area contributed by atoms with Crippen molar-refractivity contribution in [2.75, 3.05) is 19.6 Å². The summed E-state index contributed by atoms with van der Waals surface area (Å²) in [6, 6.07) is 1.15. The average molecular weight is 268 g/mol. The van der Waals surface area contributed by atoms with Crippen LogP contribution < -0.4 is 5.32 Å². The number of hydrogen-bond donors (Lipinski definition) is 2. The number of likely N-dealkylation sites (tertiary alicyclic amines) is 1. The quantitative estimate of drug-likeness (QED) is 0.803. The van der Waals surface area contributed by atoms with Gasteiger partial charge in [0, 0.05) is 25.2 Å². The van der Waals surface area contributed by atoms with Crippen molar-refractivity contribution in [2.45, 2.75) is 77.0 Å². The van der Waals surface area contributed by atoms with Crippen molar-refractivity contribution in [1.82, 2.24) is 10.2 Å². The summed E-state index contributed by atoms with van der Waals surface area (Å²) in [5, 5.41) is 13.8. The molecule has 0 aromatic heterocycles. The minimum atomic E-state index is -0.0702. The maximum absolute atomic E-state index is 10.1. The van der Waals surface area contributed by atoms with E-state index in [1.165, 1.54) is 51.6 Å². The Hall–Kier alpha value is -0.120. The molecular formula is C16H32N2O. The van der Waals surface area contributed by atoms with E-state index in [1.54, 1.807) is 0 Å². The molecule has 2 rings (SSSR count). The monoisotopic (exact) mass is 268 g/mol. The summed E-state index contributed by atoms with van der Waals surface area (Å²) >= 11 is 0. The Morgan fingerprint density at radius 3 is 2.42 bits per heavy atom. The predicted molar refractivity (Wildman–Crippen MR) is 80.3 cm³/mol. The van der Waals surface area contributed by atoms with E-state index in [-0.39, 0.29) is 6.10 Å². The van der Waals surface area contributed by atoms with E-state index in [4.69, 9.17) is 0 Å². The summed E-state index contributed by atoms with van der Waals surface area (Å²) in [4.78, 5) is 2.55. The summed E-state index contributed by atoms with van der Waals surface area (Å²) in [5.41, 5.74) is 0. The van der Waals surface area contributed by atoms with Gasteiger partial charge in [-0.1, -0.05) is 26.7 Å². The molecule has 0 bridgehead atoms. The summed E-state index contributed by atoms with van der Waals surface area (Å²) in [6.45, 7) is 8.07. The van der Waals surface area contributed by atoms with Gasteiger partial charge in [0.2, 0.25) is 0 Å². The van der Waals surface area contributed by atoms with Crippen LogP contribution in [-0.2, 0) is 0 Å². The number of aliphatic hydroxyl groups excluding tert-OH is 1. The molecule has 0 amide bonds. The Kier molecular flexibility index (Phi) is 6.11. The summed E-state index contributed by atoms with van der Waals surface area (Å²) in [5.74, 6) is 0.796. The van der Waals surface area contributed by atoms with Crippen molar-refractivity contribution in [3.63, 3.8) is 0 Å². The first kappa shape index (κ1) is 15.3. The average Bonchev–Trinajstić information content (AvgIpc) is 2.40. The highest BCUT2D eigenvalue weighted by Gasteiger charge is 2.31. The minimum absolute atomic E-state index is 0.0702. The molecule has 19 heavy (non-hydrogen) atoms. The maximum Gasteiger partial charge on any atom is 0.0695 e. The Balaban J connectivity index is 1.67. The van der Waals surface area contributed by atoms with Gasteiger partial charge in [0.25, 0.3) is 0 Å². The first-order valence-corrected chi connectivity index (χ1v) is 8.32. The van der Waals surface area contributed by atoms with E-state index < -0.39 is 0 Å². The molecule has 2 aliphatic rings. The molecule has 0 aromatic carbocycles. The van der Waals surface area contributed by atoms with Crippen molar-refractivity contribution < 1.29 is 5.11 Å². The zero-order chi connectivity index (χ0) is 13.7. The van der Waals surface area contributed by atoms with Gasteiger partial charge >= 0.3 is 0 Å².